The lowest BCUT2D eigenvalue weighted by Crippen LogP contribution is -2.44. The van der Waals surface area contributed by atoms with Crippen molar-refractivity contribution in [1.29, 1.82) is 0 Å². The highest BCUT2D eigenvalue weighted by Gasteiger charge is 2.30. The minimum atomic E-state index is -0.689. The van der Waals surface area contributed by atoms with Crippen molar-refractivity contribution in [2.45, 2.75) is 19.4 Å². The first kappa shape index (κ1) is 11.7. The summed E-state index contributed by atoms with van der Waals surface area (Å²) in [6.45, 7) is 2.68. The zero-order chi connectivity index (χ0) is 11.3. The van der Waals surface area contributed by atoms with Crippen LogP contribution in [0, 0.1) is 0 Å². The summed E-state index contributed by atoms with van der Waals surface area (Å²) in [6, 6.07) is -0.689. The number of esters is 2. The fraction of sp³-hybridized carbons (Fsp3) is 0.600. The second-order valence-corrected chi connectivity index (χ2v) is 3.08. The minimum absolute atomic E-state index is 0.297. The van der Waals surface area contributed by atoms with Crippen molar-refractivity contribution in [3.05, 3.63) is 11.6 Å². The molecule has 5 heteroatoms. The van der Waals surface area contributed by atoms with Crippen molar-refractivity contribution in [3.63, 3.8) is 0 Å². The number of hydrogen-bond donors (Lipinski definition) is 1. The first-order valence-corrected chi connectivity index (χ1v) is 4.89. The molecule has 0 aliphatic carbocycles. The van der Waals surface area contributed by atoms with Gasteiger partial charge < -0.3 is 14.8 Å². The Balaban J connectivity index is 2.77. The van der Waals surface area contributed by atoms with Gasteiger partial charge in [0.2, 0.25) is 0 Å². The molecule has 0 fully saturated rings. The maximum Gasteiger partial charge on any atom is 0.335 e. The summed E-state index contributed by atoms with van der Waals surface area (Å²) in [7, 11) is 1.29. The number of nitrogens with one attached hydrogen (secondary N) is 1. The van der Waals surface area contributed by atoms with Crippen LogP contribution in [-0.4, -0.2) is 38.2 Å². The zero-order valence-corrected chi connectivity index (χ0v) is 8.91. The molecule has 1 rings (SSSR count). The van der Waals surface area contributed by atoms with E-state index < -0.39 is 18.0 Å². The number of rotatable bonds is 3. The van der Waals surface area contributed by atoms with Gasteiger partial charge in [-0.2, -0.15) is 0 Å². The van der Waals surface area contributed by atoms with Crippen molar-refractivity contribution >= 4 is 11.9 Å². The highest BCUT2D eigenvalue weighted by atomic mass is 16.5. The van der Waals surface area contributed by atoms with Crippen molar-refractivity contribution in [3.8, 4) is 0 Å². The predicted octanol–water partition coefficient (Wildman–Crippen LogP) is 0.0108. The van der Waals surface area contributed by atoms with E-state index in [1.165, 1.54) is 7.11 Å². The average Bonchev–Trinajstić information content (AvgIpc) is 2.28. The Hall–Kier alpha value is -1.36. The lowest BCUT2D eigenvalue weighted by atomic mass is 10.0. The van der Waals surface area contributed by atoms with Crippen LogP contribution < -0.4 is 5.32 Å². The van der Waals surface area contributed by atoms with E-state index in [4.69, 9.17) is 4.74 Å². The maximum atomic E-state index is 11.5. The first-order chi connectivity index (χ1) is 7.20. The first-order valence-electron chi connectivity index (χ1n) is 4.89. The molecule has 0 aromatic rings. The van der Waals surface area contributed by atoms with Crippen LogP contribution in [0.5, 0.6) is 0 Å². The summed E-state index contributed by atoms with van der Waals surface area (Å²) in [5.74, 6) is -0.922. The zero-order valence-electron chi connectivity index (χ0n) is 8.91. The molecule has 0 amide bonds. The standard InChI is InChI=1S/C10H15NO4/c1-3-15-10(13)8-7(9(12)14-2)5-4-6-11-8/h5,8,11H,3-4,6H2,1-2H3. The van der Waals surface area contributed by atoms with Gasteiger partial charge in [0.05, 0.1) is 19.3 Å². The lowest BCUT2D eigenvalue weighted by Gasteiger charge is -2.22. The van der Waals surface area contributed by atoms with Gasteiger partial charge in [0.25, 0.3) is 0 Å². The number of carbonyl (C=O) groups excluding carboxylic acids is 2. The van der Waals surface area contributed by atoms with Crippen molar-refractivity contribution in [1.82, 2.24) is 5.32 Å². The molecule has 1 aliphatic heterocycles. The van der Waals surface area contributed by atoms with Gasteiger partial charge >= 0.3 is 11.9 Å². The summed E-state index contributed by atoms with van der Waals surface area (Å²) in [4.78, 5) is 22.8. The molecule has 0 saturated heterocycles. The van der Waals surface area contributed by atoms with Crippen molar-refractivity contribution < 1.29 is 19.1 Å². The smallest absolute Gasteiger partial charge is 0.335 e. The fourth-order valence-electron chi connectivity index (χ4n) is 1.44. The van der Waals surface area contributed by atoms with Crippen LogP contribution >= 0.6 is 0 Å². The van der Waals surface area contributed by atoms with Crippen molar-refractivity contribution in [2.24, 2.45) is 0 Å². The van der Waals surface area contributed by atoms with Crippen LogP contribution in [0.4, 0.5) is 0 Å². The summed E-state index contributed by atoms with van der Waals surface area (Å²) in [5, 5.41) is 2.93. The van der Waals surface area contributed by atoms with Crippen LogP contribution in [0.2, 0.25) is 0 Å². The van der Waals surface area contributed by atoms with E-state index in [0.717, 1.165) is 0 Å². The molecule has 84 valence electrons. The number of hydrogen-bond acceptors (Lipinski definition) is 5. The number of ether oxygens (including phenoxy) is 2. The van der Waals surface area contributed by atoms with Gasteiger partial charge in [-0.25, -0.2) is 9.59 Å². The Bertz CT molecular complexity index is 285. The average molecular weight is 213 g/mol. The van der Waals surface area contributed by atoms with E-state index >= 15 is 0 Å². The van der Waals surface area contributed by atoms with E-state index in [1.54, 1.807) is 13.0 Å². The Kier molecular flexibility index (Phi) is 4.30. The van der Waals surface area contributed by atoms with Gasteiger partial charge in [0.1, 0.15) is 6.04 Å². The van der Waals surface area contributed by atoms with Crippen LogP contribution in [0.3, 0.4) is 0 Å². The summed E-state index contributed by atoms with van der Waals surface area (Å²) >= 11 is 0. The largest absolute Gasteiger partial charge is 0.466 e. The van der Waals surface area contributed by atoms with E-state index in [0.29, 0.717) is 25.1 Å². The molecular weight excluding hydrogens is 198 g/mol. The van der Waals surface area contributed by atoms with Gasteiger partial charge in [-0.3, -0.25) is 0 Å². The second kappa shape index (κ2) is 5.50. The quantitative estimate of drug-likeness (QED) is 0.669. The summed E-state index contributed by atoms with van der Waals surface area (Å²) in [6.07, 6.45) is 2.42. The Morgan fingerprint density at radius 2 is 2.33 bits per heavy atom. The van der Waals surface area contributed by atoms with Crippen LogP contribution in [0.1, 0.15) is 13.3 Å². The van der Waals surface area contributed by atoms with E-state index in [-0.39, 0.29) is 0 Å². The Morgan fingerprint density at radius 1 is 1.60 bits per heavy atom. The van der Waals surface area contributed by atoms with Crippen LogP contribution in [0.15, 0.2) is 11.6 Å². The van der Waals surface area contributed by atoms with Gasteiger partial charge in [-0.1, -0.05) is 6.08 Å². The van der Waals surface area contributed by atoms with E-state index in [2.05, 4.69) is 10.1 Å². The number of carbonyl (C=O) groups is 2. The monoisotopic (exact) mass is 213 g/mol. The summed E-state index contributed by atoms with van der Waals surface area (Å²) in [5.41, 5.74) is 0.335. The molecule has 15 heavy (non-hydrogen) atoms. The van der Waals surface area contributed by atoms with Gasteiger partial charge in [0, 0.05) is 0 Å². The van der Waals surface area contributed by atoms with Crippen LogP contribution in [-0.2, 0) is 19.1 Å². The molecular formula is C10H15NO4. The van der Waals surface area contributed by atoms with Gasteiger partial charge in [-0.15, -0.1) is 0 Å². The molecule has 0 saturated carbocycles. The van der Waals surface area contributed by atoms with Gasteiger partial charge in [0.15, 0.2) is 0 Å². The summed E-state index contributed by atoms with van der Waals surface area (Å²) < 4.78 is 9.45. The molecule has 5 nitrogen and oxygen atoms in total. The van der Waals surface area contributed by atoms with Crippen LogP contribution in [0.25, 0.3) is 0 Å². The highest BCUT2D eigenvalue weighted by molar-refractivity contribution is 5.97. The third kappa shape index (κ3) is 2.79. The second-order valence-electron chi connectivity index (χ2n) is 3.08. The Morgan fingerprint density at radius 3 is 2.93 bits per heavy atom. The van der Waals surface area contributed by atoms with E-state index in [1.807, 2.05) is 0 Å². The molecule has 1 N–H and O–H groups in total. The number of methoxy groups -OCH3 is 1. The molecule has 0 bridgehead atoms. The molecule has 1 atom stereocenters. The maximum absolute atomic E-state index is 11.5. The molecule has 0 radical (unpaired) electrons. The Labute approximate surface area is 88.4 Å². The topological polar surface area (TPSA) is 64.6 Å². The molecule has 1 heterocycles. The normalized spacial score (nSPS) is 20.4. The third-order valence-corrected chi connectivity index (χ3v) is 2.11. The lowest BCUT2D eigenvalue weighted by molar-refractivity contribution is -0.147. The minimum Gasteiger partial charge on any atom is -0.466 e. The van der Waals surface area contributed by atoms with Crippen molar-refractivity contribution in [2.75, 3.05) is 20.3 Å². The molecule has 0 spiro atoms. The highest BCUT2D eigenvalue weighted by Crippen LogP contribution is 2.12. The molecule has 0 aromatic heterocycles. The SMILES string of the molecule is CCOC(=O)C1NCCC=C1C(=O)OC. The third-order valence-electron chi connectivity index (χ3n) is 2.11. The molecule has 1 aliphatic rings. The molecule has 0 aromatic carbocycles. The van der Waals surface area contributed by atoms with Gasteiger partial charge in [-0.05, 0) is 19.9 Å². The van der Waals surface area contributed by atoms with E-state index in [9.17, 15) is 9.59 Å². The predicted molar refractivity (Wildman–Crippen MR) is 53.1 cm³/mol. The molecule has 1 unspecified atom stereocenters. The fourth-order valence-corrected chi connectivity index (χ4v) is 1.44.